The van der Waals surface area contributed by atoms with Crippen LogP contribution in [0.4, 0.5) is 0 Å². The Morgan fingerprint density at radius 1 is 1.18 bits per heavy atom. The van der Waals surface area contributed by atoms with Gasteiger partial charge in [-0.3, -0.25) is 4.79 Å². The van der Waals surface area contributed by atoms with E-state index < -0.39 is 0 Å². The van der Waals surface area contributed by atoms with E-state index in [1.807, 2.05) is 13.8 Å². The van der Waals surface area contributed by atoms with Crippen LogP contribution >= 0.6 is 0 Å². The second-order valence-electron chi connectivity index (χ2n) is 3.88. The summed E-state index contributed by atoms with van der Waals surface area (Å²) in [5, 5.41) is 9.74. The molecule has 0 amide bonds. The van der Waals surface area contributed by atoms with E-state index in [-0.39, 0.29) is 11.5 Å². The van der Waals surface area contributed by atoms with Gasteiger partial charge in [-0.15, -0.1) is 0 Å². The minimum Gasteiger partial charge on any atom is -0.507 e. The minimum atomic E-state index is -0.224. The normalized spacial score (nSPS) is 10.9. The van der Waals surface area contributed by atoms with Crippen LogP contribution in [-0.4, -0.2) is 18.0 Å². The van der Waals surface area contributed by atoms with Crippen molar-refractivity contribution in [2.45, 2.75) is 13.8 Å². The van der Waals surface area contributed by atoms with Gasteiger partial charge < -0.3 is 9.84 Å². The van der Waals surface area contributed by atoms with Gasteiger partial charge in [0.1, 0.15) is 11.5 Å². The summed E-state index contributed by atoms with van der Waals surface area (Å²) in [6.07, 6.45) is 2.68. The first-order valence-corrected chi connectivity index (χ1v) is 5.27. The van der Waals surface area contributed by atoms with Gasteiger partial charge >= 0.3 is 0 Å². The molecule has 0 aliphatic carbocycles. The second kappa shape index (κ2) is 5.89. The Kier molecular flexibility index (Phi) is 4.52. The van der Waals surface area contributed by atoms with E-state index >= 15 is 0 Å². The number of benzene rings is 1. The third-order valence-corrected chi connectivity index (χ3v) is 2.10. The minimum absolute atomic E-state index is 0.0462. The topological polar surface area (TPSA) is 46.5 Å². The molecule has 17 heavy (non-hydrogen) atoms. The van der Waals surface area contributed by atoms with Crippen LogP contribution in [0.25, 0.3) is 5.76 Å². The highest BCUT2D eigenvalue weighted by molar-refractivity contribution is 6.03. The summed E-state index contributed by atoms with van der Waals surface area (Å²) in [7, 11) is 1.57. The van der Waals surface area contributed by atoms with Crippen LogP contribution in [-0.2, 0) is 4.79 Å². The number of hydrogen-bond acceptors (Lipinski definition) is 3. The summed E-state index contributed by atoms with van der Waals surface area (Å²) in [5.41, 5.74) is 1.48. The standard InChI is InChI=1S/C14H16O3/c1-10(2)8-12(15)9-14(16)11-4-6-13(17-3)7-5-11/h4-9,16H,1-3H3/b14-9-. The van der Waals surface area contributed by atoms with Gasteiger partial charge in [0.25, 0.3) is 0 Å². The maximum absolute atomic E-state index is 11.4. The molecule has 0 aromatic heterocycles. The first-order valence-electron chi connectivity index (χ1n) is 5.27. The zero-order chi connectivity index (χ0) is 12.8. The average molecular weight is 232 g/mol. The molecule has 0 spiro atoms. The van der Waals surface area contributed by atoms with Gasteiger partial charge in [0, 0.05) is 11.6 Å². The Balaban J connectivity index is 2.88. The van der Waals surface area contributed by atoms with Crippen LogP contribution in [0.3, 0.4) is 0 Å². The number of methoxy groups -OCH3 is 1. The number of ether oxygens (including phenoxy) is 1. The average Bonchev–Trinajstić information content (AvgIpc) is 2.28. The Labute approximate surface area is 101 Å². The van der Waals surface area contributed by atoms with Crippen LogP contribution < -0.4 is 4.74 Å². The van der Waals surface area contributed by atoms with Gasteiger partial charge in [-0.25, -0.2) is 0 Å². The van der Waals surface area contributed by atoms with Crippen LogP contribution in [0.5, 0.6) is 5.75 Å². The van der Waals surface area contributed by atoms with Crippen LogP contribution in [0.1, 0.15) is 19.4 Å². The number of carbonyl (C=O) groups is 1. The number of aliphatic hydroxyl groups is 1. The smallest absolute Gasteiger partial charge is 0.182 e. The summed E-state index contributed by atoms with van der Waals surface area (Å²) >= 11 is 0. The van der Waals surface area contributed by atoms with Gasteiger partial charge in [0.05, 0.1) is 7.11 Å². The van der Waals surface area contributed by atoms with Crippen molar-refractivity contribution in [2.75, 3.05) is 7.11 Å². The van der Waals surface area contributed by atoms with Crippen LogP contribution in [0, 0.1) is 0 Å². The molecule has 3 heteroatoms. The van der Waals surface area contributed by atoms with Gasteiger partial charge in [-0.1, -0.05) is 5.57 Å². The molecule has 0 fully saturated rings. The summed E-state index contributed by atoms with van der Waals surface area (Å²) < 4.78 is 5.01. The van der Waals surface area contributed by atoms with Crippen LogP contribution in [0.2, 0.25) is 0 Å². The van der Waals surface area contributed by atoms with E-state index in [0.717, 1.165) is 5.57 Å². The maximum Gasteiger partial charge on any atom is 0.182 e. The van der Waals surface area contributed by atoms with E-state index in [1.165, 1.54) is 12.2 Å². The highest BCUT2D eigenvalue weighted by Crippen LogP contribution is 2.16. The van der Waals surface area contributed by atoms with Crippen molar-refractivity contribution in [1.29, 1.82) is 0 Å². The first-order chi connectivity index (χ1) is 8.02. The molecule has 0 saturated carbocycles. The predicted molar refractivity (Wildman–Crippen MR) is 68.0 cm³/mol. The number of hydrogen-bond donors (Lipinski definition) is 1. The molecule has 90 valence electrons. The van der Waals surface area contributed by atoms with Gasteiger partial charge in [0.2, 0.25) is 0 Å². The number of ketones is 1. The molecule has 1 rings (SSSR count). The van der Waals surface area contributed by atoms with Crippen molar-refractivity contribution in [3.63, 3.8) is 0 Å². The molecule has 1 aromatic rings. The van der Waals surface area contributed by atoms with E-state index in [2.05, 4.69) is 0 Å². The maximum atomic E-state index is 11.4. The van der Waals surface area contributed by atoms with Crippen molar-refractivity contribution in [3.8, 4) is 5.75 Å². The molecular formula is C14H16O3. The molecule has 1 aromatic carbocycles. The molecule has 0 bridgehead atoms. The van der Waals surface area contributed by atoms with Crippen molar-refractivity contribution >= 4 is 11.5 Å². The van der Waals surface area contributed by atoms with Gasteiger partial charge in [-0.05, 0) is 44.2 Å². The van der Waals surface area contributed by atoms with E-state index in [9.17, 15) is 9.90 Å². The largest absolute Gasteiger partial charge is 0.507 e. The Hall–Kier alpha value is -2.03. The van der Waals surface area contributed by atoms with Crippen molar-refractivity contribution in [3.05, 3.63) is 47.6 Å². The Morgan fingerprint density at radius 3 is 2.24 bits per heavy atom. The highest BCUT2D eigenvalue weighted by atomic mass is 16.5. The molecule has 0 aliphatic rings. The third kappa shape index (κ3) is 4.15. The van der Waals surface area contributed by atoms with Gasteiger partial charge in [-0.2, -0.15) is 0 Å². The summed E-state index contributed by atoms with van der Waals surface area (Å²) in [6.45, 7) is 3.66. The Morgan fingerprint density at radius 2 is 1.76 bits per heavy atom. The molecular weight excluding hydrogens is 216 g/mol. The molecule has 0 atom stereocenters. The monoisotopic (exact) mass is 232 g/mol. The molecule has 1 N–H and O–H groups in total. The lowest BCUT2D eigenvalue weighted by Gasteiger charge is -2.02. The van der Waals surface area contributed by atoms with E-state index in [0.29, 0.717) is 11.3 Å². The highest BCUT2D eigenvalue weighted by Gasteiger charge is 2.01. The summed E-state index contributed by atoms with van der Waals surface area (Å²) in [4.78, 5) is 11.4. The number of aliphatic hydroxyl groups excluding tert-OH is 1. The molecule has 0 unspecified atom stereocenters. The number of allylic oxidation sites excluding steroid dienone is 3. The third-order valence-electron chi connectivity index (χ3n) is 2.10. The summed E-state index contributed by atoms with van der Waals surface area (Å²) in [6, 6.07) is 6.84. The zero-order valence-electron chi connectivity index (χ0n) is 10.2. The number of rotatable bonds is 4. The molecule has 0 saturated heterocycles. The lowest BCUT2D eigenvalue weighted by molar-refractivity contribution is -0.110. The molecule has 0 aliphatic heterocycles. The number of carbonyl (C=O) groups excluding carboxylic acids is 1. The fourth-order valence-corrected chi connectivity index (χ4v) is 1.31. The molecule has 0 radical (unpaired) electrons. The lowest BCUT2D eigenvalue weighted by atomic mass is 10.1. The fraction of sp³-hybridized carbons (Fsp3) is 0.214. The quantitative estimate of drug-likeness (QED) is 0.640. The SMILES string of the molecule is COc1ccc(/C(O)=C/C(=O)C=C(C)C)cc1. The Bertz CT molecular complexity index is 449. The van der Waals surface area contributed by atoms with Crippen LogP contribution in [0.15, 0.2) is 42.0 Å². The van der Waals surface area contributed by atoms with E-state index in [1.54, 1.807) is 31.4 Å². The van der Waals surface area contributed by atoms with Gasteiger partial charge in [0.15, 0.2) is 5.78 Å². The molecule has 3 nitrogen and oxygen atoms in total. The molecule has 0 heterocycles. The van der Waals surface area contributed by atoms with Crippen molar-refractivity contribution in [1.82, 2.24) is 0 Å². The first kappa shape index (κ1) is 13.0. The summed E-state index contributed by atoms with van der Waals surface area (Å²) in [5.74, 6) is 0.436. The fourth-order valence-electron chi connectivity index (χ4n) is 1.31. The van der Waals surface area contributed by atoms with Crippen molar-refractivity contribution in [2.24, 2.45) is 0 Å². The predicted octanol–water partition coefficient (Wildman–Crippen LogP) is 3.13. The second-order valence-corrected chi connectivity index (χ2v) is 3.88. The van der Waals surface area contributed by atoms with E-state index in [4.69, 9.17) is 4.74 Å². The zero-order valence-corrected chi connectivity index (χ0v) is 10.2. The van der Waals surface area contributed by atoms with Crippen molar-refractivity contribution < 1.29 is 14.6 Å². The lowest BCUT2D eigenvalue weighted by Crippen LogP contribution is -1.92.